The minimum Gasteiger partial charge on any atom is -0.344 e. The molecule has 0 N–H and O–H groups in total. The molecule has 3 aromatic rings. The highest BCUT2D eigenvalue weighted by molar-refractivity contribution is 5.79. The summed E-state index contributed by atoms with van der Waals surface area (Å²) in [6, 6.07) is 23.2. The summed E-state index contributed by atoms with van der Waals surface area (Å²) >= 11 is 0. The van der Waals surface area contributed by atoms with Gasteiger partial charge in [-0.3, -0.25) is 9.78 Å². The monoisotopic (exact) mass is 399 g/mol. The van der Waals surface area contributed by atoms with Crippen molar-refractivity contribution in [1.82, 2.24) is 14.8 Å². The summed E-state index contributed by atoms with van der Waals surface area (Å²) < 4.78 is 0. The summed E-state index contributed by atoms with van der Waals surface area (Å²) in [6.07, 6.45) is 5.42. The molecule has 4 rings (SSSR count). The summed E-state index contributed by atoms with van der Waals surface area (Å²) in [7, 11) is 1.93. The lowest BCUT2D eigenvalue weighted by atomic mass is 9.95. The standard InChI is InChI=1S/C26H29N3O/c1-28-16-17-29(15-12-21-6-3-2-4-7-21)20-25(26(28)30)19-22-8-5-9-24(18-22)23-10-13-27-14-11-23/h2-11,13-14,18,25H,12,15-17,19-20H2,1H3. The number of amides is 1. The van der Waals surface area contributed by atoms with Gasteiger partial charge in [-0.1, -0.05) is 54.6 Å². The highest BCUT2D eigenvalue weighted by Gasteiger charge is 2.28. The Hall–Kier alpha value is -2.98. The Morgan fingerprint density at radius 2 is 1.67 bits per heavy atom. The van der Waals surface area contributed by atoms with Gasteiger partial charge >= 0.3 is 0 Å². The molecule has 0 saturated carbocycles. The van der Waals surface area contributed by atoms with Gasteiger partial charge in [-0.25, -0.2) is 0 Å². The molecule has 30 heavy (non-hydrogen) atoms. The fraction of sp³-hybridized carbons (Fsp3) is 0.308. The second-order valence-electron chi connectivity index (χ2n) is 8.13. The van der Waals surface area contributed by atoms with E-state index in [1.165, 1.54) is 16.7 Å². The Kier molecular flexibility index (Phi) is 6.55. The lowest BCUT2D eigenvalue weighted by Crippen LogP contribution is -2.35. The van der Waals surface area contributed by atoms with Crippen LogP contribution in [0, 0.1) is 5.92 Å². The number of rotatable bonds is 6. The fourth-order valence-corrected chi connectivity index (χ4v) is 4.19. The Bertz CT molecular complexity index is 958. The van der Waals surface area contributed by atoms with Crippen molar-refractivity contribution < 1.29 is 4.79 Å². The van der Waals surface area contributed by atoms with Gasteiger partial charge in [0, 0.05) is 45.6 Å². The largest absolute Gasteiger partial charge is 0.344 e. The first-order chi connectivity index (χ1) is 14.7. The molecule has 0 spiro atoms. The number of pyridine rings is 1. The Morgan fingerprint density at radius 3 is 2.47 bits per heavy atom. The van der Waals surface area contributed by atoms with Gasteiger partial charge in [0.15, 0.2) is 0 Å². The van der Waals surface area contributed by atoms with Crippen molar-refractivity contribution in [3.63, 3.8) is 0 Å². The molecule has 0 bridgehead atoms. The zero-order valence-corrected chi connectivity index (χ0v) is 17.6. The molecule has 1 fully saturated rings. The van der Waals surface area contributed by atoms with Crippen LogP contribution in [0.5, 0.6) is 0 Å². The third-order valence-electron chi connectivity index (χ3n) is 5.94. The number of hydrogen-bond acceptors (Lipinski definition) is 3. The molecule has 4 heteroatoms. The second kappa shape index (κ2) is 9.68. The fourth-order valence-electron chi connectivity index (χ4n) is 4.19. The number of nitrogens with zero attached hydrogens (tertiary/aromatic N) is 3. The van der Waals surface area contributed by atoms with Crippen LogP contribution in [0.4, 0.5) is 0 Å². The molecule has 4 nitrogen and oxygen atoms in total. The maximum Gasteiger partial charge on any atom is 0.227 e. The van der Waals surface area contributed by atoms with Gasteiger partial charge in [0.1, 0.15) is 0 Å². The third-order valence-corrected chi connectivity index (χ3v) is 5.94. The molecule has 1 aliphatic rings. The molecule has 2 aromatic carbocycles. The van der Waals surface area contributed by atoms with Crippen molar-refractivity contribution >= 4 is 5.91 Å². The molecule has 1 amide bonds. The van der Waals surface area contributed by atoms with Crippen molar-refractivity contribution in [2.75, 3.05) is 33.2 Å². The molecule has 0 radical (unpaired) electrons. The van der Waals surface area contributed by atoms with Gasteiger partial charge in [0.2, 0.25) is 5.91 Å². The van der Waals surface area contributed by atoms with E-state index in [-0.39, 0.29) is 11.8 Å². The van der Waals surface area contributed by atoms with Gasteiger partial charge in [-0.15, -0.1) is 0 Å². The molecule has 154 valence electrons. The molecule has 1 aromatic heterocycles. The van der Waals surface area contributed by atoms with E-state index in [0.29, 0.717) is 0 Å². The van der Waals surface area contributed by atoms with Crippen LogP contribution in [0.2, 0.25) is 0 Å². The SMILES string of the molecule is CN1CCN(CCc2ccccc2)CC(Cc2cccc(-c3ccncc3)c2)C1=O. The van der Waals surface area contributed by atoms with E-state index < -0.39 is 0 Å². The Morgan fingerprint density at radius 1 is 0.900 bits per heavy atom. The zero-order chi connectivity index (χ0) is 20.8. The molecule has 1 atom stereocenters. The highest BCUT2D eigenvalue weighted by atomic mass is 16.2. The molecular weight excluding hydrogens is 370 g/mol. The first-order valence-corrected chi connectivity index (χ1v) is 10.7. The summed E-state index contributed by atoms with van der Waals surface area (Å²) in [4.78, 5) is 21.5. The van der Waals surface area contributed by atoms with Crippen molar-refractivity contribution in [2.24, 2.45) is 5.92 Å². The Labute approximate surface area is 179 Å². The molecule has 0 aliphatic carbocycles. The van der Waals surface area contributed by atoms with Crippen LogP contribution in [0.1, 0.15) is 11.1 Å². The minimum absolute atomic E-state index is 0.0130. The van der Waals surface area contributed by atoms with Crippen molar-refractivity contribution in [1.29, 1.82) is 0 Å². The van der Waals surface area contributed by atoms with E-state index >= 15 is 0 Å². The van der Waals surface area contributed by atoms with Gasteiger partial charge in [0.05, 0.1) is 5.92 Å². The van der Waals surface area contributed by atoms with Crippen molar-refractivity contribution in [3.05, 3.63) is 90.3 Å². The van der Waals surface area contributed by atoms with E-state index in [0.717, 1.165) is 44.6 Å². The average molecular weight is 400 g/mol. The molecule has 1 unspecified atom stereocenters. The van der Waals surface area contributed by atoms with Crippen LogP contribution in [0.3, 0.4) is 0 Å². The maximum atomic E-state index is 13.0. The normalized spacial score (nSPS) is 17.7. The minimum atomic E-state index is -0.0130. The van der Waals surface area contributed by atoms with E-state index in [2.05, 4.69) is 64.5 Å². The predicted molar refractivity (Wildman–Crippen MR) is 121 cm³/mol. The van der Waals surface area contributed by atoms with Gasteiger partial charge in [-0.05, 0) is 47.2 Å². The summed E-state index contributed by atoms with van der Waals surface area (Å²) in [6.45, 7) is 3.53. The third kappa shape index (κ3) is 5.14. The number of carbonyl (C=O) groups excluding carboxylic acids is 1. The first-order valence-electron chi connectivity index (χ1n) is 10.7. The van der Waals surface area contributed by atoms with E-state index in [4.69, 9.17) is 0 Å². The van der Waals surface area contributed by atoms with E-state index in [1.54, 1.807) is 0 Å². The van der Waals surface area contributed by atoms with E-state index in [9.17, 15) is 4.79 Å². The van der Waals surface area contributed by atoms with Gasteiger partial charge in [-0.2, -0.15) is 0 Å². The van der Waals surface area contributed by atoms with Crippen molar-refractivity contribution in [2.45, 2.75) is 12.8 Å². The van der Waals surface area contributed by atoms with Crippen LogP contribution in [0.25, 0.3) is 11.1 Å². The second-order valence-corrected chi connectivity index (χ2v) is 8.13. The van der Waals surface area contributed by atoms with Crippen molar-refractivity contribution in [3.8, 4) is 11.1 Å². The van der Waals surface area contributed by atoms with Crippen LogP contribution in [-0.2, 0) is 17.6 Å². The molecule has 2 heterocycles. The smallest absolute Gasteiger partial charge is 0.227 e. The lowest BCUT2D eigenvalue weighted by Gasteiger charge is -2.23. The number of benzene rings is 2. The zero-order valence-electron chi connectivity index (χ0n) is 17.6. The lowest BCUT2D eigenvalue weighted by molar-refractivity contribution is -0.133. The number of aromatic nitrogens is 1. The average Bonchev–Trinajstić information content (AvgIpc) is 2.93. The van der Waals surface area contributed by atoms with Crippen LogP contribution < -0.4 is 0 Å². The molecular formula is C26H29N3O. The number of hydrogen-bond donors (Lipinski definition) is 0. The summed E-state index contributed by atoms with van der Waals surface area (Å²) in [5.41, 5.74) is 4.88. The van der Waals surface area contributed by atoms with Crippen LogP contribution in [-0.4, -0.2) is 53.9 Å². The first kappa shape index (κ1) is 20.3. The highest BCUT2D eigenvalue weighted by Crippen LogP contribution is 2.23. The molecule has 1 aliphatic heterocycles. The van der Waals surface area contributed by atoms with Gasteiger partial charge < -0.3 is 9.80 Å². The predicted octanol–water partition coefficient (Wildman–Crippen LogP) is 3.92. The van der Waals surface area contributed by atoms with Gasteiger partial charge in [0.25, 0.3) is 0 Å². The van der Waals surface area contributed by atoms with Crippen LogP contribution >= 0.6 is 0 Å². The summed E-state index contributed by atoms with van der Waals surface area (Å²) in [5, 5.41) is 0. The topological polar surface area (TPSA) is 36.4 Å². The van der Waals surface area contributed by atoms with Crippen LogP contribution in [0.15, 0.2) is 79.1 Å². The quantitative estimate of drug-likeness (QED) is 0.630. The van der Waals surface area contributed by atoms with E-state index in [1.807, 2.05) is 36.5 Å². The Balaban J connectivity index is 1.46. The number of carbonyl (C=O) groups is 1. The molecule has 1 saturated heterocycles. The summed E-state index contributed by atoms with van der Waals surface area (Å²) in [5.74, 6) is 0.243. The maximum absolute atomic E-state index is 13.0. The number of likely N-dealkylation sites (N-methyl/N-ethyl adjacent to an activating group) is 1.